The number of guanidine groups is 1. The fourth-order valence-corrected chi connectivity index (χ4v) is 3.78. The van der Waals surface area contributed by atoms with Gasteiger partial charge in [0.1, 0.15) is 17.2 Å². The van der Waals surface area contributed by atoms with Crippen LogP contribution in [0.2, 0.25) is 0 Å². The number of rotatable bonds is 6. The molecule has 0 bridgehead atoms. The van der Waals surface area contributed by atoms with Gasteiger partial charge in [-0.1, -0.05) is 5.16 Å². The van der Waals surface area contributed by atoms with E-state index < -0.39 is 10.4 Å². The Hall–Kier alpha value is -2.06. The van der Waals surface area contributed by atoms with Gasteiger partial charge in [0.15, 0.2) is 5.96 Å². The van der Waals surface area contributed by atoms with Crippen LogP contribution in [0.1, 0.15) is 68.4 Å². The normalized spacial score (nSPS) is 21.2. The van der Waals surface area contributed by atoms with Crippen molar-refractivity contribution >= 4 is 22.1 Å². The number of hydrogen-bond acceptors (Lipinski definition) is 9. The number of nitrogens with one attached hydrogen (secondary N) is 1. The minimum absolute atomic E-state index is 0.129. The Bertz CT molecular complexity index is 820. The number of ketones is 1. The molecule has 1 aliphatic heterocycles. The topological polar surface area (TPSA) is 212 Å². The number of carbonyl (C=O) groups excluding carboxylic acids is 1. The van der Waals surface area contributed by atoms with Crippen molar-refractivity contribution in [3.05, 3.63) is 17.5 Å². The van der Waals surface area contributed by atoms with Crippen LogP contribution in [0.25, 0.3) is 0 Å². The Kier molecular flexibility index (Phi) is 8.73. The van der Waals surface area contributed by atoms with E-state index in [9.17, 15) is 13.2 Å². The lowest BCUT2D eigenvalue weighted by Gasteiger charge is -2.30. The molecule has 2 aliphatic rings. The van der Waals surface area contributed by atoms with Gasteiger partial charge in [-0.3, -0.25) is 14.8 Å². The maximum Gasteiger partial charge on any atom is 0.413 e. The van der Waals surface area contributed by atoms with Crippen LogP contribution in [-0.2, 0) is 19.5 Å². The Morgan fingerprint density at radius 1 is 1.40 bits per heavy atom. The van der Waals surface area contributed by atoms with E-state index in [4.69, 9.17) is 26.0 Å². The second-order valence-electron chi connectivity index (χ2n) is 7.66. The Labute approximate surface area is 175 Å². The van der Waals surface area contributed by atoms with Crippen molar-refractivity contribution in [2.75, 3.05) is 13.1 Å². The molecule has 0 unspecified atom stereocenters. The maximum absolute atomic E-state index is 11.3. The van der Waals surface area contributed by atoms with E-state index in [-0.39, 0.29) is 12.0 Å². The molecule has 2 atom stereocenters. The van der Waals surface area contributed by atoms with Crippen molar-refractivity contribution in [1.29, 1.82) is 5.41 Å². The summed E-state index contributed by atoms with van der Waals surface area (Å²) in [5.41, 5.74) is 12.6. The zero-order valence-electron chi connectivity index (χ0n) is 16.7. The van der Waals surface area contributed by atoms with Crippen LogP contribution in [0, 0.1) is 11.3 Å². The van der Waals surface area contributed by atoms with Crippen molar-refractivity contribution in [3.63, 3.8) is 0 Å². The Morgan fingerprint density at radius 2 is 2.03 bits per heavy atom. The van der Waals surface area contributed by atoms with E-state index in [0.29, 0.717) is 24.0 Å². The quantitative estimate of drug-likeness (QED) is 0.176. The van der Waals surface area contributed by atoms with Crippen LogP contribution in [0.5, 0.6) is 0 Å². The van der Waals surface area contributed by atoms with E-state index in [1.54, 1.807) is 0 Å². The first-order valence-electron chi connectivity index (χ1n) is 9.77. The third kappa shape index (κ3) is 7.65. The van der Waals surface area contributed by atoms with E-state index in [1.165, 1.54) is 0 Å². The first-order chi connectivity index (χ1) is 14.1. The van der Waals surface area contributed by atoms with Crippen LogP contribution < -0.4 is 17.4 Å². The summed E-state index contributed by atoms with van der Waals surface area (Å²) in [5.74, 6) is 6.19. The summed E-state index contributed by atoms with van der Waals surface area (Å²) >= 11 is 0. The van der Waals surface area contributed by atoms with Crippen molar-refractivity contribution < 1.29 is 26.6 Å². The average molecular weight is 447 g/mol. The molecule has 13 heteroatoms. The molecule has 1 aromatic rings. The van der Waals surface area contributed by atoms with Gasteiger partial charge in [-0.05, 0) is 38.0 Å². The highest BCUT2D eigenvalue weighted by Crippen LogP contribution is 2.32. The summed E-state index contributed by atoms with van der Waals surface area (Å²) in [6.07, 6.45) is 6.09. The summed E-state index contributed by atoms with van der Waals surface area (Å²) in [4.78, 5) is 13.2. The lowest BCUT2D eigenvalue weighted by molar-refractivity contribution is -0.117. The van der Waals surface area contributed by atoms with Gasteiger partial charge >= 0.3 is 10.4 Å². The summed E-state index contributed by atoms with van der Waals surface area (Å²) in [6.45, 7) is 1.55. The lowest BCUT2D eigenvalue weighted by Crippen LogP contribution is -2.41. The van der Waals surface area contributed by atoms with Gasteiger partial charge in [0.25, 0.3) is 0 Å². The third-order valence-electron chi connectivity index (χ3n) is 5.52. The van der Waals surface area contributed by atoms with Gasteiger partial charge in [0.2, 0.25) is 0 Å². The van der Waals surface area contributed by atoms with Crippen molar-refractivity contribution in [2.24, 2.45) is 23.3 Å². The second-order valence-corrected chi connectivity index (χ2v) is 8.70. The van der Waals surface area contributed by atoms with Crippen LogP contribution in [0.4, 0.5) is 0 Å². The largest absolute Gasteiger partial charge is 0.413 e. The van der Waals surface area contributed by atoms with Gasteiger partial charge in [-0.15, -0.1) is 0 Å². The zero-order valence-corrected chi connectivity index (χ0v) is 17.5. The number of piperidine rings is 1. The first kappa shape index (κ1) is 24.2. The molecular weight excluding hydrogens is 416 g/mol. The predicted molar refractivity (Wildman–Crippen MR) is 107 cm³/mol. The molecule has 1 aliphatic carbocycles. The summed E-state index contributed by atoms with van der Waals surface area (Å²) in [5, 5.41) is 11.6. The second kappa shape index (κ2) is 10.8. The van der Waals surface area contributed by atoms with Crippen LogP contribution >= 0.6 is 0 Å². The van der Waals surface area contributed by atoms with Gasteiger partial charge in [0.05, 0.1) is 6.04 Å². The molecule has 0 spiro atoms. The van der Waals surface area contributed by atoms with E-state index in [1.807, 2.05) is 11.0 Å². The van der Waals surface area contributed by atoms with Crippen LogP contribution in [-0.4, -0.2) is 47.9 Å². The SMILES string of the molecule is N=C(N)N1CCC(c2cc([C@@H](N)CC[C@@H]3CCC(=O)C3)no2)CC1.NOS(=O)(=O)O. The number of Topliss-reactive ketones (excluding diaryl/α,β-unsaturated/α-hetero) is 1. The van der Waals surface area contributed by atoms with Gasteiger partial charge in [0, 0.05) is 37.9 Å². The highest BCUT2D eigenvalue weighted by molar-refractivity contribution is 7.80. The molecule has 1 aromatic heterocycles. The monoisotopic (exact) mass is 446 g/mol. The molecule has 2 heterocycles. The smallest absolute Gasteiger partial charge is 0.370 e. The van der Waals surface area contributed by atoms with Gasteiger partial charge < -0.3 is 20.9 Å². The van der Waals surface area contributed by atoms with E-state index >= 15 is 0 Å². The molecule has 30 heavy (non-hydrogen) atoms. The fraction of sp³-hybridized carbons (Fsp3) is 0.706. The number of carbonyl (C=O) groups is 1. The third-order valence-corrected chi connectivity index (χ3v) is 5.76. The Balaban J connectivity index is 0.000000469. The molecule has 1 saturated heterocycles. The fourth-order valence-electron chi connectivity index (χ4n) is 3.78. The lowest BCUT2D eigenvalue weighted by atomic mass is 9.93. The molecule has 12 nitrogen and oxygen atoms in total. The Morgan fingerprint density at radius 3 is 2.53 bits per heavy atom. The van der Waals surface area contributed by atoms with Crippen LogP contribution in [0.15, 0.2) is 10.6 Å². The van der Waals surface area contributed by atoms with Gasteiger partial charge in [-0.2, -0.15) is 18.6 Å². The molecule has 3 rings (SSSR count). The minimum Gasteiger partial charge on any atom is -0.370 e. The maximum atomic E-state index is 11.3. The van der Waals surface area contributed by atoms with Crippen molar-refractivity contribution in [3.8, 4) is 0 Å². The number of likely N-dealkylation sites (tertiary alicyclic amines) is 1. The highest BCUT2D eigenvalue weighted by atomic mass is 32.3. The molecule has 8 N–H and O–H groups in total. The zero-order chi connectivity index (χ0) is 22.3. The molecular formula is C17H30N6O6S. The van der Waals surface area contributed by atoms with E-state index in [0.717, 1.165) is 63.1 Å². The molecule has 0 radical (unpaired) electrons. The summed E-state index contributed by atoms with van der Waals surface area (Å²) in [7, 11) is -4.38. The number of aromatic nitrogens is 1. The van der Waals surface area contributed by atoms with Gasteiger partial charge in [-0.25, -0.2) is 0 Å². The molecule has 170 valence electrons. The molecule has 0 amide bonds. The molecule has 1 saturated carbocycles. The average Bonchev–Trinajstić information content (AvgIpc) is 3.35. The number of nitrogens with two attached hydrogens (primary N) is 3. The standard InChI is InChI=1S/C17H27N5O2.H3NO4S/c18-14(4-2-11-1-3-13(23)9-11)15-10-16(24-21-15)12-5-7-22(8-6-12)17(19)20;1-5-6(2,3)4/h10-12,14H,1-9,18H2,(H3,19,20);1H2,(H,2,3,4)/t11-,14-;/m0./s1. The van der Waals surface area contributed by atoms with E-state index in [2.05, 4.69) is 15.3 Å². The molecule has 2 fully saturated rings. The summed E-state index contributed by atoms with van der Waals surface area (Å²) < 4.78 is 34.4. The minimum atomic E-state index is -4.38. The number of hydrogen-bond donors (Lipinski definition) is 5. The first-order valence-corrected chi connectivity index (χ1v) is 11.1. The predicted octanol–water partition coefficient (Wildman–Crippen LogP) is 0.576. The van der Waals surface area contributed by atoms with Crippen molar-refractivity contribution in [2.45, 2.75) is 56.9 Å². The molecule has 0 aromatic carbocycles. The van der Waals surface area contributed by atoms with Crippen LogP contribution in [0.3, 0.4) is 0 Å². The summed E-state index contributed by atoms with van der Waals surface area (Å²) in [6, 6.07) is 1.86. The highest BCUT2D eigenvalue weighted by Gasteiger charge is 2.26. The number of nitrogens with zero attached hydrogens (tertiary/aromatic N) is 2. The van der Waals surface area contributed by atoms with Crippen molar-refractivity contribution in [1.82, 2.24) is 10.1 Å².